The summed E-state index contributed by atoms with van der Waals surface area (Å²) in [6, 6.07) is 11.5. The Morgan fingerprint density at radius 3 is 2.68 bits per heavy atom. The fraction of sp³-hybridized carbons (Fsp3) is 0.320. The number of hydrogen-bond donors (Lipinski definition) is 2. The molecule has 0 saturated carbocycles. The minimum atomic E-state index is -0.130. The molecule has 3 heterocycles. The number of likely N-dealkylation sites (tertiary alicyclic amines) is 1. The summed E-state index contributed by atoms with van der Waals surface area (Å²) in [6.07, 6.45) is 1.41. The molecule has 176 valence electrons. The molecule has 0 unspecified atom stereocenters. The lowest BCUT2D eigenvalue weighted by Crippen LogP contribution is -2.41. The second-order valence-electron chi connectivity index (χ2n) is 8.53. The maximum absolute atomic E-state index is 12.8. The Hall–Kier alpha value is -3.43. The van der Waals surface area contributed by atoms with E-state index in [9.17, 15) is 9.59 Å². The van der Waals surface area contributed by atoms with Crippen LogP contribution in [0.5, 0.6) is 5.75 Å². The summed E-state index contributed by atoms with van der Waals surface area (Å²) in [5.41, 5.74) is 2.96. The second-order valence-corrected chi connectivity index (χ2v) is 9.39. The molecule has 0 radical (unpaired) electrons. The smallest absolute Gasteiger partial charge is 0.238 e. The summed E-state index contributed by atoms with van der Waals surface area (Å²) in [6.45, 7) is 3.52. The van der Waals surface area contributed by atoms with Gasteiger partial charge in [-0.1, -0.05) is 18.2 Å². The number of hydrogen-bond acceptors (Lipinski definition) is 7. The molecule has 1 aliphatic heterocycles. The van der Waals surface area contributed by atoms with Crippen molar-refractivity contribution in [3.8, 4) is 5.75 Å². The molecule has 1 fully saturated rings. The highest BCUT2D eigenvalue weighted by Gasteiger charge is 2.26. The fourth-order valence-electron chi connectivity index (χ4n) is 4.38. The predicted molar refractivity (Wildman–Crippen MR) is 134 cm³/mol. The molecular weight excluding hydrogens is 452 g/mol. The number of carbonyl (C=O) groups excluding carboxylic acids is 2. The number of anilines is 2. The number of nitrogens with one attached hydrogen (secondary N) is 2. The zero-order valence-electron chi connectivity index (χ0n) is 19.1. The Balaban J connectivity index is 1.19. The largest absolute Gasteiger partial charge is 0.495 e. The molecule has 0 aliphatic carbocycles. The van der Waals surface area contributed by atoms with Crippen molar-refractivity contribution in [2.45, 2.75) is 19.8 Å². The lowest BCUT2D eigenvalue weighted by Gasteiger charge is -2.30. The number of aromatic nitrogens is 1. The Labute approximate surface area is 200 Å². The summed E-state index contributed by atoms with van der Waals surface area (Å²) < 4.78 is 11.5. The van der Waals surface area contributed by atoms with Crippen molar-refractivity contribution in [3.63, 3.8) is 0 Å². The van der Waals surface area contributed by atoms with Crippen LogP contribution in [0.3, 0.4) is 0 Å². The number of methoxy groups -OCH3 is 1. The van der Waals surface area contributed by atoms with Gasteiger partial charge in [0, 0.05) is 28.1 Å². The third-order valence-electron chi connectivity index (χ3n) is 6.15. The summed E-state index contributed by atoms with van der Waals surface area (Å²) in [5.74, 6) is 0.386. The first-order valence-corrected chi connectivity index (χ1v) is 12.1. The van der Waals surface area contributed by atoms with E-state index in [0.717, 1.165) is 22.0 Å². The summed E-state index contributed by atoms with van der Waals surface area (Å²) in [4.78, 5) is 31.7. The number of fused-ring (bicyclic) bond motifs is 3. The van der Waals surface area contributed by atoms with Crippen molar-refractivity contribution in [2.75, 3.05) is 37.4 Å². The number of amides is 2. The molecule has 2 aromatic heterocycles. The van der Waals surface area contributed by atoms with E-state index in [2.05, 4.69) is 20.5 Å². The first-order valence-electron chi connectivity index (χ1n) is 11.2. The molecule has 9 heteroatoms. The quantitative estimate of drug-likeness (QED) is 0.419. The zero-order valence-corrected chi connectivity index (χ0v) is 19.9. The molecule has 2 N–H and O–H groups in total. The number of ether oxygens (including phenoxy) is 1. The van der Waals surface area contributed by atoms with E-state index in [-0.39, 0.29) is 24.3 Å². The van der Waals surface area contributed by atoms with Gasteiger partial charge >= 0.3 is 0 Å². The van der Waals surface area contributed by atoms with Gasteiger partial charge in [0.1, 0.15) is 16.9 Å². The highest BCUT2D eigenvalue weighted by Crippen LogP contribution is 2.36. The Kier molecular flexibility index (Phi) is 6.21. The van der Waals surface area contributed by atoms with E-state index in [1.807, 2.05) is 48.7 Å². The summed E-state index contributed by atoms with van der Waals surface area (Å²) >= 11 is 1.43. The number of para-hydroxylation sites is 1. The molecule has 8 nitrogen and oxygen atoms in total. The van der Waals surface area contributed by atoms with Crippen molar-refractivity contribution >= 4 is 55.9 Å². The first kappa shape index (κ1) is 22.4. The third-order valence-corrected chi connectivity index (χ3v) is 7.02. The van der Waals surface area contributed by atoms with Crippen LogP contribution in [-0.2, 0) is 9.59 Å². The van der Waals surface area contributed by atoms with Gasteiger partial charge in [0.15, 0.2) is 5.13 Å². The fourth-order valence-corrected chi connectivity index (χ4v) is 5.07. The molecule has 4 aromatic rings. The molecule has 34 heavy (non-hydrogen) atoms. The van der Waals surface area contributed by atoms with Gasteiger partial charge in [-0.15, -0.1) is 11.3 Å². The van der Waals surface area contributed by atoms with Crippen molar-refractivity contribution in [2.24, 2.45) is 5.92 Å². The number of carbonyl (C=O) groups is 2. The lowest BCUT2D eigenvalue weighted by atomic mass is 9.96. The minimum absolute atomic E-state index is 0.00215. The van der Waals surface area contributed by atoms with E-state index in [1.165, 1.54) is 11.3 Å². The van der Waals surface area contributed by atoms with Crippen molar-refractivity contribution in [1.29, 1.82) is 0 Å². The average Bonchev–Trinajstić information content (AvgIpc) is 3.41. The third kappa shape index (κ3) is 4.62. The minimum Gasteiger partial charge on any atom is -0.495 e. The van der Waals surface area contributed by atoms with Crippen LogP contribution in [0.4, 0.5) is 10.8 Å². The maximum Gasteiger partial charge on any atom is 0.238 e. The maximum atomic E-state index is 12.8. The van der Waals surface area contributed by atoms with Crippen LogP contribution in [0, 0.1) is 12.8 Å². The van der Waals surface area contributed by atoms with Crippen LogP contribution in [0.2, 0.25) is 0 Å². The monoisotopic (exact) mass is 478 g/mol. The number of rotatable bonds is 6. The number of nitrogens with zero attached hydrogens (tertiary/aromatic N) is 2. The molecule has 0 bridgehead atoms. The van der Waals surface area contributed by atoms with Gasteiger partial charge in [-0.2, -0.15) is 0 Å². The molecule has 0 spiro atoms. The van der Waals surface area contributed by atoms with E-state index in [1.54, 1.807) is 7.11 Å². The zero-order chi connectivity index (χ0) is 23.7. The molecule has 1 aliphatic rings. The lowest BCUT2D eigenvalue weighted by molar-refractivity contribution is -0.121. The van der Waals surface area contributed by atoms with Crippen molar-refractivity contribution in [1.82, 2.24) is 9.88 Å². The van der Waals surface area contributed by atoms with Crippen molar-refractivity contribution in [3.05, 3.63) is 47.5 Å². The van der Waals surface area contributed by atoms with Gasteiger partial charge in [0.25, 0.3) is 0 Å². The number of benzene rings is 2. The van der Waals surface area contributed by atoms with E-state index in [0.29, 0.717) is 48.1 Å². The second kappa shape index (κ2) is 9.44. The summed E-state index contributed by atoms with van der Waals surface area (Å²) in [5, 5.41) is 10.4. The van der Waals surface area contributed by atoms with E-state index >= 15 is 0 Å². The van der Waals surface area contributed by atoms with Gasteiger partial charge in [0.05, 0.1) is 25.0 Å². The van der Waals surface area contributed by atoms with E-state index in [4.69, 9.17) is 9.15 Å². The highest BCUT2D eigenvalue weighted by atomic mass is 32.1. The Morgan fingerprint density at radius 1 is 1.15 bits per heavy atom. The Morgan fingerprint density at radius 2 is 1.94 bits per heavy atom. The normalized spacial score (nSPS) is 15.0. The number of piperidine rings is 1. The average molecular weight is 479 g/mol. The van der Waals surface area contributed by atoms with Gasteiger partial charge in [-0.05, 0) is 45.0 Å². The van der Waals surface area contributed by atoms with Gasteiger partial charge in [0.2, 0.25) is 11.8 Å². The van der Waals surface area contributed by atoms with E-state index < -0.39 is 0 Å². The molecule has 2 amide bonds. The molecule has 1 saturated heterocycles. The van der Waals surface area contributed by atoms with Crippen LogP contribution in [-0.4, -0.2) is 48.4 Å². The van der Waals surface area contributed by atoms with Crippen molar-refractivity contribution < 1.29 is 18.7 Å². The highest BCUT2D eigenvalue weighted by molar-refractivity contribution is 7.13. The summed E-state index contributed by atoms with van der Waals surface area (Å²) in [7, 11) is 1.59. The SMILES string of the molecule is COc1cc2c(cc1NC(=O)CN1CCC(C(=O)Nc3nc(C)cs3)CC1)oc1ccccc12. The number of thiazole rings is 1. The van der Waals surface area contributed by atoms with Crippen LogP contribution < -0.4 is 15.4 Å². The molecule has 5 rings (SSSR count). The number of furan rings is 1. The van der Waals surface area contributed by atoms with Crippen LogP contribution >= 0.6 is 11.3 Å². The Bertz CT molecular complexity index is 1350. The topological polar surface area (TPSA) is 96.7 Å². The van der Waals surface area contributed by atoms with Crippen LogP contribution in [0.1, 0.15) is 18.5 Å². The molecular formula is C25H26N4O4S. The van der Waals surface area contributed by atoms with Crippen LogP contribution in [0.25, 0.3) is 21.9 Å². The van der Waals surface area contributed by atoms with Crippen LogP contribution in [0.15, 0.2) is 46.2 Å². The van der Waals surface area contributed by atoms with Gasteiger partial charge in [-0.3, -0.25) is 14.5 Å². The van der Waals surface area contributed by atoms with Gasteiger partial charge < -0.3 is 19.8 Å². The first-order chi connectivity index (χ1) is 16.5. The predicted octanol–water partition coefficient (Wildman–Crippen LogP) is 4.65. The number of aryl methyl sites for hydroxylation is 1. The molecule has 2 aromatic carbocycles. The standard InChI is InChI=1S/C25H26N4O4S/c1-15-14-34-25(26-15)28-24(31)16-7-9-29(10-8-16)13-23(30)27-19-12-21-18(11-22(19)32-2)17-5-3-4-6-20(17)33-21/h3-6,11-12,14,16H,7-10,13H2,1-2H3,(H,27,30)(H,26,28,31). The molecule has 0 atom stereocenters. The van der Waals surface area contributed by atoms with Gasteiger partial charge in [-0.25, -0.2) is 4.98 Å².